The molecule has 100 valence electrons. The largest absolute Gasteiger partial charge is 0.444 e. The second kappa shape index (κ2) is 5.10. The molecule has 0 spiro atoms. The molecule has 1 N–H and O–H groups in total. The zero-order chi connectivity index (χ0) is 14.0. The van der Waals surface area contributed by atoms with Gasteiger partial charge in [-0.15, -0.1) is 5.54 Å². The van der Waals surface area contributed by atoms with E-state index in [2.05, 4.69) is 36.4 Å². The summed E-state index contributed by atoms with van der Waals surface area (Å²) in [4.78, 5) is 11.2. The van der Waals surface area contributed by atoms with Crippen LogP contribution >= 0.6 is 0 Å². The zero-order valence-electron chi connectivity index (χ0n) is 11.8. The maximum Gasteiger partial charge on any atom is 0.408 e. The Morgan fingerprint density at radius 1 is 1.32 bits per heavy atom. The second-order valence-corrected chi connectivity index (χ2v) is 10.6. The summed E-state index contributed by atoms with van der Waals surface area (Å²) in [5.74, 6) is 3.23. The number of amides is 1. The first-order chi connectivity index (χ1) is 8.85. The maximum absolute atomic E-state index is 11.2. The van der Waals surface area contributed by atoms with Gasteiger partial charge in [0.15, 0.2) is 0 Å². The standard InChI is InChI=1S/C15H19NO2Si/c1-11-14(16-15(17)18-11)13-7-5-6-12(10-13)8-9-19(2,3)4/h5-7,10-11,14H,1-4H3,(H,16,17). The lowest BCUT2D eigenvalue weighted by atomic mass is 10.0. The van der Waals surface area contributed by atoms with Crippen molar-refractivity contribution in [1.82, 2.24) is 5.32 Å². The third-order valence-corrected chi connectivity index (χ3v) is 3.74. The van der Waals surface area contributed by atoms with Crippen LogP contribution < -0.4 is 5.32 Å². The molecule has 2 rings (SSSR count). The van der Waals surface area contributed by atoms with Crippen LogP contribution in [0.1, 0.15) is 24.1 Å². The molecule has 1 aromatic carbocycles. The first kappa shape index (κ1) is 13.7. The highest BCUT2D eigenvalue weighted by atomic mass is 28.3. The molecule has 1 heterocycles. The summed E-state index contributed by atoms with van der Waals surface area (Å²) in [6, 6.07) is 7.92. The quantitative estimate of drug-likeness (QED) is 0.631. The van der Waals surface area contributed by atoms with Gasteiger partial charge >= 0.3 is 6.09 Å². The number of ether oxygens (including phenoxy) is 1. The highest BCUT2D eigenvalue weighted by Gasteiger charge is 2.31. The summed E-state index contributed by atoms with van der Waals surface area (Å²) in [6.45, 7) is 8.55. The lowest BCUT2D eigenvalue weighted by Crippen LogP contribution is -2.21. The topological polar surface area (TPSA) is 38.3 Å². The Hall–Kier alpha value is -1.73. The number of carbonyl (C=O) groups is 1. The molecule has 1 saturated heterocycles. The number of rotatable bonds is 1. The Morgan fingerprint density at radius 2 is 2.05 bits per heavy atom. The molecule has 0 aliphatic carbocycles. The number of cyclic esters (lactones) is 1. The summed E-state index contributed by atoms with van der Waals surface area (Å²) in [5.41, 5.74) is 5.38. The third-order valence-electron chi connectivity index (χ3n) is 2.86. The molecule has 1 aliphatic rings. The lowest BCUT2D eigenvalue weighted by Gasteiger charge is -2.13. The molecule has 1 fully saturated rings. The minimum absolute atomic E-state index is 0.0823. The molecule has 0 radical (unpaired) electrons. The normalized spacial score (nSPS) is 22.2. The maximum atomic E-state index is 11.2. The van der Waals surface area contributed by atoms with E-state index in [9.17, 15) is 4.79 Å². The number of hydrogen-bond donors (Lipinski definition) is 1. The van der Waals surface area contributed by atoms with Gasteiger partial charge in [-0.2, -0.15) is 0 Å². The first-order valence-electron chi connectivity index (χ1n) is 6.45. The Bertz CT molecular complexity index is 551. The van der Waals surface area contributed by atoms with Gasteiger partial charge in [-0.25, -0.2) is 4.79 Å². The second-order valence-electron chi connectivity index (χ2n) is 5.86. The van der Waals surface area contributed by atoms with Crippen LogP contribution in [0.3, 0.4) is 0 Å². The van der Waals surface area contributed by atoms with E-state index in [4.69, 9.17) is 4.74 Å². The van der Waals surface area contributed by atoms with Crippen molar-refractivity contribution in [2.75, 3.05) is 0 Å². The number of carbonyl (C=O) groups excluding carboxylic acids is 1. The van der Waals surface area contributed by atoms with Crippen LogP contribution in [-0.2, 0) is 4.74 Å². The average Bonchev–Trinajstić information content (AvgIpc) is 2.65. The van der Waals surface area contributed by atoms with Gasteiger partial charge < -0.3 is 10.1 Å². The first-order valence-corrected chi connectivity index (χ1v) is 9.95. The third kappa shape index (κ3) is 3.61. The molecule has 3 nitrogen and oxygen atoms in total. The van der Waals surface area contributed by atoms with Crippen LogP contribution in [0.4, 0.5) is 4.79 Å². The fraction of sp³-hybridized carbons (Fsp3) is 0.400. The summed E-state index contributed by atoms with van der Waals surface area (Å²) in [7, 11) is -1.37. The van der Waals surface area contributed by atoms with Gasteiger partial charge in [-0.05, 0) is 24.6 Å². The number of nitrogens with one attached hydrogen (secondary N) is 1. The molecular formula is C15H19NO2Si. The van der Waals surface area contributed by atoms with Crippen LogP contribution in [0.5, 0.6) is 0 Å². The van der Waals surface area contributed by atoms with E-state index in [0.29, 0.717) is 0 Å². The average molecular weight is 273 g/mol. The Balaban J connectivity index is 2.24. The molecule has 1 aliphatic heterocycles. The summed E-state index contributed by atoms with van der Waals surface area (Å²) in [5, 5.41) is 2.82. The van der Waals surface area contributed by atoms with E-state index < -0.39 is 8.07 Å². The lowest BCUT2D eigenvalue weighted by molar-refractivity contribution is 0.141. The summed E-state index contributed by atoms with van der Waals surface area (Å²) in [6.07, 6.45) is -0.496. The van der Waals surface area contributed by atoms with E-state index in [1.807, 2.05) is 31.2 Å². The van der Waals surface area contributed by atoms with Crippen molar-refractivity contribution in [3.05, 3.63) is 35.4 Å². The Morgan fingerprint density at radius 3 is 2.63 bits per heavy atom. The molecular weight excluding hydrogens is 254 g/mol. The fourth-order valence-electron chi connectivity index (χ4n) is 1.94. The van der Waals surface area contributed by atoms with Gasteiger partial charge in [-0.1, -0.05) is 37.7 Å². The van der Waals surface area contributed by atoms with Crippen LogP contribution in [0, 0.1) is 11.5 Å². The minimum atomic E-state index is -1.37. The molecule has 19 heavy (non-hydrogen) atoms. The zero-order valence-corrected chi connectivity index (χ0v) is 12.8. The van der Waals surface area contributed by atoms with Crippen molar-refractivity contribution in [2.24, 2.45) is 0 Å². The van der Waals surface area contributed by atoms with Crippen molar-refractivity contribution in [1.29, 1.82) is 0 Å². The van der Waals surface area contributed by atoms with Crippen molar-refractivity contribution < 1.29 is 9.53 Å². The summed E-state index contributed by atoms with van der Waals surface area (Å²) >= 11 is 0. The highest BCUT2D eigenvalue weighted by molar-refractivity contribution is 6.83. The molecule has 0 aromatic heterocycles. The molecule has 2 atom stereocenters. The van der Waals surface area contributed by atoms with E-state index >= 15 is 0 Å². The van der Waals surface area contributed by atoms with Crippen molar-refractivity contribution in [3.63, 3.8) is 0 Å². The number of hydrogen-bond acceptors (Lipinski definition) is 2. The number of alkyl carbamates (subject to hydrolysis) is 1. The van der Waals surface area contributed by atoms with E-state index in [1.165, 1.54) is 0 Å². The smallest absolute Gasteiger partial charge is 0.408 e. The van der Waals surface area contributed by atoms with Gasteiger partial charge in [0.05, 0.1) is 6.04 Å². The molecule has 2 unspecified atom stereocenters. The van der Waals surface area contributed by atoms with Crippen molar-refractivity contribution in [3.8, 4) is 11.5 Å². The van der Waals surface area contributed by atoms with Gasteiger partial charge in [0.2, 0.25) is 0 Å². The molecule has 1 aromatic rings. The van der Waals surface area contributed by atoms with Crippen LogP contribution in [0.2, 0.25) is 19.6 Å². The number of benzene rings is 1. The molecule has 0 bridgehead atoms. The molecule has 1 amide bonds. The predicted octanol–water partition coefficient (Wildman–Crippen LogP) is 3.08. The van der Waals surface area contributed by atoms with Gasteiger partial charge in [-0.3, -0.25) is 0 Å². The Labute approximate surface area is 115 Å². The van der Waals surface area contributed by atoms with E-state index in [1.54, 1.807) is 0 Å². The Kier molecular flexibility index (Phi) is 3.68. The van der Waals surface area contributed by atoms with E-state index in [-0.39, 0.29) is 18.2 Å². The highest BCUT2D eigenvalue weighted by Crippen LogP contribution is 2.24. The van der Waals surface area contributed by atoms with Gasteiger partial charge in [0.25, 0.3) is 0 Å². The molecule has 0 saturated carbocycles. The molecule has 4 heteroatoms. The van der Waals surface area contributed by atoms with Gasteiger partial charge in [0, 0.05) is 5.56 Å². The minimum Gasteiger partial charge on any atom is -0.444 e. The monoisotopic (exact) mass is 273 g/mol. The predicted molar refractivity (Wildman–Crippen MR) is 78.5 cm³/mol. The van der Waals surface area contributed by atoms with Crippen molar-refractivity contribution >= 4 is 14.2 Å². The SMILES string of the molecule is CC1OC(=O)NC1c1cccc(C#C[Si](C)(C)C)c1. The van der Waals surface area contributed by atoms with Crippen LogP contribution in [0.15, 0.2) is 24.3 Å². The summed E-state index contributed by atoms with van der Waals surface area (Å²) < 4.78 is 5.10. The van der Waals surface area contributed by atoms with Crippen molar-refractivity contribution in [2.45, 2.75) is 38.7 Å². The van der Waals surface area contributed by atoms with Gasteiger partial charge in [0.1, 0.15) is 14.2 Å². The van der Waals surface area contributed by atoms with Crippen LogP contribution in [-0.4, -0.2) is 20.3 Å². The van der Waals surface area contributed by atoms with Crippen LogP contribution in [0.25, 0.3) is 0 Å². The van der Waals surface area contributed by atoms with E-state index in [0.717, 1.165) is 11.1 Å². The fourth-order valence-corrected chi connectivity index (χ4v) is 2.46.